The number of rotatable bonds is 7. The number of nitrogens with zero attached hydrogens (tertiary/aromatic N) is 3. The first-order chi connectivity index (χ1) is 18.2. The zero-order valence-electron chi connectivity index (χ0n) is 21.8. The molecule has 1 spiro atoms. The van der Waals surface area contributed by atoms with Crippen LogP contribution in [-0.2, 0) is 6.18 Å². The van der Waals surface area contributed by atoms with Gasteiger partial charge in [0, 0.05) is 23.8 Å². The second-order valence-electron chi connectivity index (χ2n) is 10.9. The molecule has 1 aromatic heterocycles. The number of alkyl halides is 3. The lowest BCUT2D eigenvalue weighted by Crippen LogP contribution is -2.43. The maximum absolute atomic E-state index is 13.7. The fourth-order valence-electron chi connectivity index (χ4n) is 5.76. The Bertz CT molecular complexity index is 1160. The molecule has 1 aromatic carbocycles. The number of hydrogen-bond acceptors (Lipinski definition) is 7. The Kier molecular flexibility index (Phi) is 7.39. The molecule has 1 saturated heterocycles. The second-order valence-corrected chi connectivity index (χ2v) is 10.9. The molecule has 3 fully saturated rings. The number of likely N-dealkylation sites (tertiary alicyclic amines) is 1. The summed E-state index contributed by atoms with van der Waals surface area (Å²) in [5.41, 5.74) is 0.0962. The van der Waals surface area contributed by atoms with Gasteiger partial charge in [-0.2, -0.15) is 18.2 Å². The van der Waals surface area contributed by atoms with Crippen LogP contribution in [0.2, 0.25) is 0 Å². The van der Waals surface area contributed by atoms with Crippen molar-refractivity contribution in [1.82, 2.24) is 20.2 Å². The predicted molar refractivity (Wildman–Crippen MR) is 139 cm³/mol. The van der Waals surface area contributed by atoms with E-state index >= 15 is 0 Å². The van der Waals surface area contributed by atoms with E-state index in [9.17, 15) is 18.0 Å². The lowest BCUT2D eigenvalue weighted by Gasteiger charge is -2.29. The van der Waals surface area contributed by atoms with Crippen molar-refractivity contribution in [1.29, 1.82) is 0 Å². The van der Waals surface area contributed by atoms with Crippen molar-refractivity contribution in [3.8, 4) is 5.75 Å². The van der Waals surface area contributed by atoms with Crippen LogP contribution in [0.5, 0.6) is 5.75 Å². The zero-order chi connectivity index (χ0) is 26.9. The van der Waals surface area contributed by atoms with Crippen molar-refractivity contribution in [3.05, 3.63) is 35.5 Å². The highest BCUT2D eigenvalue weighted by molar-refractivity contribution is 5.95. The van der Waals surface area contributed by atoms with E-state index in [0.29, 0.717) is 17.0 Å². The van der Waals surface area contributed by atoms with E-state index in [1.165, 1.54) is 13.5 Å². The Labute approximate surface area is 220 Å². The number of ether oxygens (including phenoxy) is 1. The highest BCUT2D eigenvalue weighted by Crippen LogP contribution is 2.57. The SMILES string of the molecule is COc1cc(C(=O)NC2CCN(C)CC2)ccc1Nc1ncc(C(F)(F)F)c(NC2CC23CCCCC3)n1. The van der Waals surface area contributed by atoms with Gasteiger partial charge in [0.2, 0.25) is 5.95 Å². The zero-order valence-corrected chi connectivity index (χ0v) is 21.8. The molecule has 2 heterocycles. The third kappa shape index (κ3) is 5.82. The third-order valence-corrected chi connectivity index (χ3v) is 8.21. The van der Waals surface area contributed by atoms with Gasteiger partial charge in [0.15, 0.2) is 0 Å². The minimum Gasteiger partial charge on any atom is -0.495 e. The average Bonchev–Trinajstić information content (AvgIpc) is 3.54. The summed E-state index contributed by atoms with van der Waals surface area (Å²) >= 11 is 0. The monoisotopic (exact) mass is 532 g/mol. The minimum absolute atomic E-state index is 0.0106. The van der Waals surface area contributed by atoms with E-state index in [-0.39, 0.29) is 35.2 Å². The van der Waals surface area contributed by atoms with E-state index in [1.54, 1.807) is 18.2 Å². The van der Waals surface area contributed by atoms with Crippen LogP contribution in [0.1, 0.15) is 67.3 Å². The van der Waals surface area contributed by atoms with Gasteiger partial charge in [-0.25, -0.2) is 4.98 Å². The van der Waals surface area contributed by atoms with E-state index in [0.717, 1.165) is 64.2 Å². The Morgan fingerprint density at radius 1 is 1.16 bits per heavy atom. The molecule has 1 aliphatic heterocycles. The summed E-state index contributed by atoms with van der Waals surface area (Å²) in [6, 6.07) is 5.01. The van der Waals surface area contributed by atoms with Crippen molar-refractivity contribution < 1.29 is 22.7 Å². The quantitative estimate of drug-likeness (QED) is 0.451. The first-order valence-electron chi connectivity index (χ1n) is 13.3. The lowest BCUT2D eigenvalue weighted by atomic mass is 9.86. The van der Waals surface area contributed by atoms with Crippen LogP contribution in [-0.4, -0.2) is 60.1 Å². The molecule has 5 rings (SSSR count). The molecule has 2 aromatic rings. The van der Waals surface area contributed by atoms with Gasteiger partial charge < -0.3 is 25.6 Å². The summed E-state index contributed by atoms with van der Waals surface area (Å²) < 4.78 is 46.7. The Balaban J connectivity index is 1.31. The van der Waals surface area contributed by atoms with Crippen LogP contribution < -0.4 is 20.7 Å². The summed E-state index contributed by atoms with van der Waals surface area (Å²) in [4.78, 5) is 23.2. The number of nitrogens with one attached hydrogen (secondary N) is 3. The Morgan fingerprint density at radius 2 is 1.89 bits per heavy atom. The number of methoxy groups -OCH3 is 1. The molecule has 3 N–H and O–H groups in total. The van der Waals surface area contributed by atoms with Crippen LogP contribution in [0.15, 0.2) is 24.4 Å². The summed E-state index contributed by atoms with van der Waals surface area (Å²) in [6.45, 7) is 1.87. The van der Waals surface area contributed by atoms with Crippen molar-refractivity contribution in [2.75, 3.05) is 37.9 Å². The number of amides is 1. The van der Waals surface area contributed by atoms with Crippen LogP contribution in [0.3, 0.4) is 0 Å². The van der Waals surface area contributed by atoms with Gasteiger partial charge in [-0.15, -0.1) is 0 Å². The van der Waals surface area contributed by atoms with E-state index in [4.69, 9.17) is 4.74 Å². The lowest BCUT2D eigenvalue weighted by molar-refractivity contribution is -0.137. The normalized spacial score (nSPS) is 21.7. The molecule has 206 valence electrons. The second kappa shape index (κ2) is 10.6. The third-order valence-electron chi connectivity index (χ3n) is 8.21. The highest BCUT2D eigenvalue weighted by atomic mass is 19.4. The molecule has 8 nitrogen and oxygen atoms in total. The maximum Gasteiger partial charge on any atom is 0.421 e. The van der Waals surface area contributed by atoms with Gasteiger partial charge in [0.1, 0.15) is 17.1 Å². The molecule has 11 heteroatoms. The summed E-state index contributed by atoms with van der Waals surface area (Å²) in [7, 11) is 3.53. The molecule has 3 aliphatic rings. The minimum atomic E-state index is -4.57. The molecular weight excluding hydrogens is 497 g/mol. The number of piperidine rings is 1. The standard InChI is InChI=1S/C27H35F3N6O2/c1-36-12-8-18(9-13-36)32-24(37)17-6-7-20(21(14-17)38-2)33-25-31-16-19(27(28,29)30)23(35-25)34-22-15-26(22)10-4-3-5-11-26/h6-7,14,16,18,22H,3-5,8-13,15H2,1-2H3,(H,32,37)(H2,31,33,34,35). The molecule has 0 bridgehead atoms. The number of anilines is 3. The number of hydrogen-bond donors (Lipinski definition) is 3. The van der Waals surface area contributed by atoms with Gasteiger partial charge in [0.05, 0.1) is 12.8 Å². The average molecular weight is 533 g/mol. The molecule has 1 unspecified atom stereocenters. The Morgan fingerprint density at radius 3 is 2.58 bits per heavy atom. The first kappa shape index (κ1) is 26.5. The van der Waals surface area contributed by atoms with Crippen LogP contribution in [0.25, 0.3) is 0 Å². The largest absolute Gasteiger partial charge is 0.495 e. The molecule has 1 atom stereocenters. The molecular formula is C27H35F3N6O2. The maximum atomic E-state index is 13.7. The first-order valence-corrected chi connectivity index (χ1v) is 13.3. The van der Waals surface area contributed by atoms with Gasteiger partial charge in [-0.3, -0.25) is 4.79 Å². The number of aromatic nitrogens is 2. The van der Waals surface area contributed by atoms with Crippen LogP contribution >= 0.6 is 0 Å². The van der Waals surface area contributed by atoms with Crippen LogP contribution in [0.4, 0.5) is 30.6 Å². The van der Waals surface area contributed by atoms with Crippen molar-refractivity contribution >= 4 is 23.4 Å². The van der Waals surface area contributed by atoms with E-state index < -0.39 is 11.7 Å². The smallest absolute Gasteiger partial charge is 0.421 e. The van der Waals surface area contributed by atoms with Gasteiger partial charge in [0.25, 0.3) is 5.91 Å². The van der Waals surface area contributed by atoms with Gasteiger partial charge in [-0.05, 0) is 75.9 Å². The Hall–Kier alpha value is -3.08. The summed E-state index contributed by atoms with van der Waals surface area (Å²) in [6.07, 6.45) is 4.38. The topological polar surface area (TPSA) is 91.4 Å². The molecule has 2 aliphatic carbocycles. The molecule has 0 radical (unpaired) electrons. The summed E-state index contributed by atoms with van der Waals surface area (Å²) in [5, 5.41) is 9.11. The fraction of sp³-hybridized carbons (Fsp3) is 0.593. The molecule has 1 amide bonds. The number of carbonyl (C=O) groups is 1. The predicted octanol–water partition coefficient (Wildman–Crippen LogP) is 5.21. The number of halogens is 3. The van der Waals surface area contributed by atoms with Crippen molar-refractivity contribution in [2.45, 2.75) is 69.6 Å². The number of benzene rings is 1. The molecule has 2 saturated carbocycles. The van der Waals surface area contributed by atoms with E-state index in [1.807, 2.05) is 0 Å². The van der Waals surface area contributed by atoms with E-state index in [2.05, 4.69) is 37.9 Å². The highest BCUT2D eigenvalue weighted by Gasteiger charge is 2.54. The van der Waals surface area contributed by atoms with Crippen LogP contribution in [0, 0.1) is 5.41 Å². The van der Waals surface area contributed by atoms with Gasteiger partial charge >= 0.3 is 6.18 Å². The van der Waals surface area contributed by atoms with Crippen molar-refractivity contribution in [2.24, 2.45) is 5.41 Å². The fourth-order valence-corrected chi connectivity index (χ4v) is 5.76. The van der Waals surface area contributed by atoms with Gasteiger partial charge in [-0.1, -0.05) is 19.3 Å². The summed E-state index contributed by atoms with van der Waals surface area (Å²) in [5.74, 6) is -0.0265. The molecule has 38 heavy (non-hydrogen) atoms. The number of carbonyl (C=O) groups excluding carboxylic acids is 1. The van der Waals surface area contributed by atoms with Crippen molar-refractivity contribution in [3.63, 3.8) is 0 Å².